The Morgan fingerprint density at radius 2 is 1.37 bits per heavy atom. The average molecular weight is 352 g/mol. The van der Waals surface area contributed by atoms with Crippen LogP contribution >= 0.6 is 0 Å². The van der Waals surface area contributed by atoms with Crippen LogP contribution in [0.25, 0.3) is 22.3 Å². The van der Waals surface area contributed by atoms with Gasteiger partial charge in [0.2, 0.25) is 0 Å². The first-order valence-electron chi connectivity index (χ1n) is 9.48. The molecule has 0 saturated carbocycles. The number of fused-ring (bicyclic) bond motifs is 3. The minimum absolute atomic E-state index is 0.177. The summed E-state index contributed by atoms with van der Waals surface area (Å²) in [5.74, 6) is 0.533. The zero-order valence-electron chi connectivity index (χ0n) is 15.5. The van der Waals surface area contributed by atoms with Gasteiger partial charge in [0.05, 0.1) is 0 Å². The number of hydrogen-bond acceptors (Lipinski definition) is 1. The minimum Gasteiger partial charge on any atom is -0.508 e. The van der Waals surface area contributed by atoms with E-state index in [4.69, 9.17) is 0 Å². The van der Waals surface area contributed by atoms with Crippen LogP contribution in [0, 0.1) is 0 Å². The van der Waals surface area contributed by atoms with Crippen molar-refractivity contribution in [3.63, 3.8) is 0 Å². The summed E-state index contributed by atoms with van der Waals surface area (Å²) in [4.78, 5) is 0. The van der Waals surface area contributed by atoms with Crippen molar-refractivity contribution in [2.75, 3.05) is 0 Å². The predicted octanol–water partition coefficient (Wildman–Crippen LogP) is 6.87. The second kappa shape index (κ2) is 7.28. The van der Waals surface area contributed by atoms with E-state index in [-0.39, 0.29) is 5.92 Å². The SMILES string of the molecule is C=CCC(CC=C)c1c(O)cccc1-c1cccc2c1Cc1ccccc1-2. The molecule has 4 rings (SSSR count). The number of benzene rings is 3. The van der Waals surface area contributed by atoms with Crippen molar-refractivity contribution in [3.8, 4) is 28.0 Å². The summed E-state index contributed by atoms with van der Waals surface area (Å²) in [6, 6.07) is 21.0. The lowest BCUT2D eigenvalue weighted by atomic mass is 9.84. The maximum absolute atomic E-state index is 10.7. The molecule has 0 radical (unpaired) electrons. The van der Waals surface area contributed by atoms with E-state index in [0.717, 1.165) is 30.4 Å². The van der Waals surface area contributed by atoms with Gasteiger partial charge in [0.15, 0.2) is 0 Å². The molecule has 0 unspecified atom stereocenters. The summed E-state index contributed by atoms with van der Waals surface area (Å²) in [7, 11) is 0. The monoisotopic (exact) mass is 352 g/mol. The van der Waals surface area contributed by atoms with E-state index in [1.54, 1.807) is 6.07 Å². The van der Waals surface area contributed by atoms with E-state index in [2.05, 4.69) is 61.7 Å². The van der Waals surface area contributed by atoms with Crippen molar-refractivity contribution in [2.24, 2.45) is 0 Å². The molecule has 0 aliphatic heterocycles. The van der Waals surface area contributed by atoms with E-state index in [1.807, 2.05) is 18.2 Å². The summed E-state index contributed by atoms with van der Waals surface area (Å²) in [6.45, 7) is 7.82. The Balaban J connectivity index is 1.90. The third-order valence-corrected chi connectivity index (χ3v) is 5.53. The van der Waals surface area contributed by atoms with Gasteiger partial charge in [-0.3, -0.25) is 0 Å². The Morgan fingerprint density at radius 1 is 0.778 bits per heavy atom. The molecule has 1 aliphatic carbocycles. The van der Waals surface area contributed by atoms with E-state index in [1.165, 1.54) is 27.8 Å². The average Bonchev–Trinajstić information content (AvgIpc) is 3.06. The third-order valence-electron chi connectivity index (χ3n) is 5.53. The van der Waals surface area contributed by atoms with Crippen LogP contribution in [0.5, 0.6) is 5.75 Å². The van der Waals surface area contributed by atoms with Crippen molar-refractivity contribution >= 4 is 0 Å². The minimum atomic E-state index is 0.177. The maximum atomic E-state index is 10.7. The molecule has 1 nitrogen and oxygen atoms in total. The quantitative estimate of drug-likeness (QED) is 0.376. The molecule has 3 aromatic carbocycles. The van der Waals surface area contributed by atoms with Crippen molar-refractivity contribution in [1.29, 1.82) is 0 Å². The largest absolute Gasteiger partial charge is 0.508 e. The van der Waals surface area contributed by atoms with Crippen molar-refractivity contribution in [3.05, 3.63) is 103 Å². The number of rotatable bonds is 6. The summed E-state index contributed by atoms with van der Waals surface area (Å²) >= 11 is 0. The number of phenols is 1. The normalized spacial score (nSPS) is 11.9. The second-order valence-corrected chi connectivity index (χ2v) is 7.15. The molecular formula is C26H24O. The van der Waals surface area contributed by atoms with Crippen LogP contribution in [0.3, 0.4) is 0 Å². The Hall–Kier alpha value is -3.06. The molecule has 1 heteroatoms. The van der Waals surface area contributed by atoms with E-state index >= 15 is 0 Å². The third kappa shape index (κ3) is 3.00. The molecule has 0 fully saturated rings. The lowest BCUT2D eigenvalue weighted by Crippen LogP contribution is -2.01. The first-order chi connectivity index (χ1) is 13.2. The second-order valence-electron chi connectivity index (χ2n) is 7.15. The molecule has 0 aromatic heterocycles. The van der Waals surface area contributed by atoms with Crippen LogP contribution in [-0.4, -0.2) is 5.11 Å². The van der Waals surface area contributed by atoms with Gasteiger partial charge < -0.3 is 5.11 Å². The first kappa shape index (κ1) is 17.4. The number of hydrogen-bond donors (Lipinski definition) is 1. The molecule has 0 bridgehead atoms. The Bertz CT molecular complexity index is 1000. The van der Waals surface area contributed by atoms with Crippen LogP contribution in [0.1, 0.15) is 35.4 Å². The highest BCUT2D eigenvalue weighted by molar-refractivity contribution is 5.86. The number of allylic oxidation sites excluding steroid dienone is 2. The Kier molecular flexibility index (Phi) is 4.68. The molecule has 1 aliphatic rings. The highest BCUT2D eigenvalue weighted by atomic mass is 16.3. The van der Waals surface area contributed by atoms with Gasteiger partial charge in [-0.1, -0.05) is 66.7 Å². The highest BCUT2D eigenvalue weighted by Gasteiger charge is 2.24. The smallest absolute Gasteiger partial charge is 0.119 e. The number of phenolic OH excluding ortho intramolecular Hbond substituents is 1. The molecule has 0 spiro atoms. The lowest BCUT2D eigenvalue weighted by molar-refractivity contribution is 0.461. The van der Waals surface area contributed by atoms with Crippen molar-refractivity contribution in [2.45, 2.75) is 25.2 Å². The van der Waals surface area contributed by atoms with Gasteiger partial charge in [0, 0.05) is 5.56 Å². The predicted molar refractivity (Wildman–Crippen MR) is 114 cm³/mol. The van der Waals surface area contributed by atoms with Gasteiger partial charge in [-0.2, -0.15) is 0 Å². The maximum Gasteiger partial charge on any atom is 0.119 e. The van der Waals surface area contributed by atoms with E-state index in [9.17, 15) is 5.11 Å². The lowest BCUT2D eigenvalue weighted by Gasteiger charge is -2.21. The Labute approximate surface area is 161 Å². The summed E-state index contributed by atoms with van der Waals surface area (Å²) in [5, 5.41) is 10.7. The molecule has 3 aromatic rings. The van der Waals surface area contributed by atoms with Crippen LogP contribution < -0.4 is 0 Å². The van der Waals surface area contributed by atoms with Crippen molar-refractivity contribution < 1.29 is 5.11 Å². The molecule has 1 N–H and O–H groups in total. The molecule has 134 valence electrons. The van der Waals surface area contributed by atoms with Gasteiger partial charge in [-0.05, 0) is 64.6 Å². The summed E-state index contributed by atoms with van der Waals surface area (Å²) < 4.78 is 0. The van der Waals surface area contributed by atoms with Gasteiger partial charge >= 0.3 is 0 Å². The molecule has 0 amide bonds. The topological polar surface area (TPSA) is 20.2 Å². The molecule has 0 heterocycles. The first-order valence-corrected chi connectivity index (χ1v) is 9.48. The van der Waals surface area contributed by atoms with Crippen LogP contribution in [0.15, 0.2) is 86.0 Å². The summed E-state index contributed by atoms with van der Waals surface area (Å²) in [6.07, 6.45) is 6.41. The van der Waals surface area contributed by atoms with Gasteiger partial charge in [0.1, 0.15) is 5.75 Å². The standard InChI is InChI=1S/C26H24O/c1-3-9-18(10-4-2)26-23(15-8-16-25(26)27)22-14-7-13-21-20-12-6-5-11-19(20)17-24(21)22/h3-8,11-16,18,27H,1-2,9-10,17H2. The molecule has 0 atom stereocenters. The zero-order valence-corrected chi connectivity index (χ0v) is 15.5. The van der Waals surface area contributed by atoms with Crippen LogP contribution in [0.4, 0.5) is 0 Å². The molecule has 27 heavy (non-hydrogen) atoms. The van der Waals surface area contributed by atoms with Crippen molar-refractivity contribution in [1.82, 2.24) is 0 Å². The Morgan fingerprint density at radius 3 is 2.11 bits per heavy atom. The fourth-order valence-corrected chi connectivity index (χ4v) is 4.36. The highest BCUT2D eigenvalue weighted by Crippen LogP contribution is 2.45. The fourth-order valence-electron chi connectivity index (χ4n) is 4.36. The summed E-state index contributed by atoms with van der Waals surface area (Å²) in [5.41, 5.74) is 8.69. The fraction of sp³-hybridized carbons (Fsp3) is 0.154. The van der Waals surface area contributed by atoms with Crippen LogP contribution in [0.2, 0.25) is 0 Å². The molecule has 0 saturated heterocycles. The number of aromatic hydroxyl groups is 1. The van der Waals surface area contributed by atoms with Crippen LogP contribution in [-0.2, 0) is 6.42 Å². The van der Waals surface area contributed by atoms with Gasteiger partial charge in [-0.25, -0.2) is 0 Å². The van der Waals surface area contributed by atoms with Gasteiger partial charge in [-0.15, -0.1) is 13.2 Å². The molecular weight excluding hydrogens is 328 g/mol. The zero-order chi connectivity index (χ0) is 18.8. The van der Waals surface area contributed by atoms with E-state index in [0.29, 0.717) is 5.75 Å². The van der Waals surface area contributed by atoms with E-state index < -0.39 is 0 Å². The van der Waals surface area contributed by atoms with Gasteiger partial charge in [0.25, 0.3) is 0 Å².